The molecule has 0 radical (unpaired) electrons. The van der Waals surface area contributed by atoms with Gasteiger partial charge in [-0.2, -0.15) is 0 Å². The molecule has 0 aliphatic heterocycles. The minimum Gasteiger partial charge on any atom is -0.496 e. The van der Waals surface area contributed by atoms with Crippen LogP contribution in [0, 0.1) is 25.2 Å². The van der Waals surface area contributed by atoms with Gasteiger partial charge >= 0.3 is 0 Å². The van der Waals surface area contributed by atoms with Gasteiger partial charge in [-0.1, -0.05) is 32.8 Å². The van der Waals surface area contributed by atoms with E-state index in [-0.39, 0.29) is 5.41 Å². The van der Waals surface area contributed by atoms with Crippen LogP contribution in [0.2, 0.25) is 0 Å². The standard InChI is InChI=1S/C18H28O2/c1-12-10-13(2)16(15(11-12)20-5)17(19)14-8-6-7-9-18(14,3)4/h10-11,14,17,19H,6-9H2,1-5H3. The molecule has 0 bridgehead atoms. The molecule has 2 unspecified atom stereocenters. The maximum Gasteiger partial charge on any atom is 0.125 e. The average Bonchev–Trinajstić information content (AvgIpc) is 2.36. The van der Waals surface area contributed by atoms with Gasteiger partial charge < -0.3 is 9.84 Å². The third-order valence-corrected chi connectivity index (χ3v) is 4.98. The van der Waals surface area contributed by atoms with Gasteiger partial charge in [0.1, 0.15) is 5.75 Å². The van der Waals surface area contributed by atoms with Gasteiger partial charge in [0.2, 0.25) is 0 Å². The smallest absolute Gasteiger partial charge is 0.125 e. The van der Waals surface area contributed by atoms with E-state index in [1.807, 2.05) is 6.07 Å². The Balaban J connectivity index is 2.40. The molecule has 1 saturated carbocycles. The summed E-state index contributed by atoms with van der Waals surface area (Å²) in [5.74, 6) is 1.14. The quantitative estimate of drug-likeness (QED) is 0.876. The van der Waals surface area contributed by atoms with Crippen LogP contribution in [0.25, 0.3) is 0 Å². The van der Waals surface area contributed by atoms with Gasteiger partial charge in [-0.25, -0.2) is 0 Å². The summed E-state index contributed by atoms with van der Waals surface area (Å²) in [7, 11) is 1.69. The zero-order valence-electron chi connectivity index (χ0n) is 13.5. The highest BCUT2D eigenvalue weighted by molar-refractivity contribution is 5.44. The van der Waals surface area contributed by atoms with Crippen LogP contribution < -0.4 is 4.74 Å². The lowest BCUT2D eigenvalue weighted by Crippen LogP contribution is -2.33. The second-order valence-corrected chi connectivity index (χ2v) is 6.98. The minimum absolute atomic E-state index is 0.194. The van der Waals surface area contributed by atoms with Gasteiger partial charge in [0.25, 0.3) is 0 Å². The molecule has 0 spiro atoms. The van der Waals surface area contributed by atoms with Crippen LogP contribution >= 0.6 is 0 Å². The van der Waals surface area contributed by atoms with Crippen molar-refractivity contribution in [3.8, 4) is 5.75 Å². The number of hydrogen-bond acceptors (Lipinski definition) is 2. The van der Waals surface area contributed by atoms with Gasteiger partial charge in [0.05, 0.1) is 13.2 Å². The Morgan fingerprint density at radius 3 is 2.55 bits per heavy atom. The number of benzene rings is 1. The summed E-state index contributed by atoms with van der Waals surface area (Å²) in [6.07, 6.45) is 4.37. The molecule has 20 heavy (non-hydrogen) atoms. The van der Waals surface area contributed by atoms with Crippen molar-refractivity contribution in [1.29, 1.82) is 0 Å². The van der Waals surface area contributed by atoms with Crippen molar-refractivity contribution in [1.82, 2.24) is 0 Å². The Bertz CT molecular complexity index is 477. The first kappa shape index (κ1) is 15.4. The zero-order valence-corrected chi connectivity index (χ0v) is 13.5. The van der Waals surface area contributed by atoms with Crippen LogP contribution in [-0.4, -0.2) is 12.2 Å². The molecule has 2 rings (SSSR count). The second kappa shape index (κ2) is 5.77. The maximum absolute atomic E-state index is 11.0. The highest BCUT2D eigenvalue weighted by Crippen LogP contribution is 2.48. The molecule has 2 heteroatoms. The van der Waals surface area contributed by atoms with E-state index in [1.54, 1.807) is 7.11 Å². The highest BCUT2D eigenvalue weighted by atomic mass is 16.5. The Labute approximate surface area is 123 Å². The Morgan fingerprint density at radius 2 is 1.95 bits per heavy atom. The van der Waals surface area contributed by atoms with Crippen molar-refractivity contribution in [2.45, 2.75) is 59.5 Å². The van der Waals surface area contributed by atoms with E-state index in [0.717, 1.165) is 23.3 Å². The monoisotopic (exact) mass is 276 g/mol. The van der Waals surface area contributed by atoms with Crippen molar-refractivity contribution in [3.05, 3.63) is 28.8 Å². The molecular formula is C18H28O2. The van der Waals surface area contributed by atoms with E-state index < -0.39 is 6.10 Å². The summed E-state index contributed by atoms with van der Waals surface area (Å²) in [6, 6.07) is 4.16. The Hall–Kier alpha value is -1.02. The first-order valence-corrected chi connectivity index (χ1v) is 7.70. The maximum atomic E-state index is 11.0. The first-order chi connectivity index (χ1) is 9.36. The van der Waals surface area contributed by atoms with Crippen LogP contribution in [0.1, 0.15) is 62.3 Å². The van der Waals surface area contributed by atoms with Crippen molar-refractivity contribution in [2.75, 3.05) is 7.11 Å². The molecule has 2 atom stereocenters. The zero-order chi connectivity index (χ0) is 14.9. The van der Waals surface area contributed by atoms with E-state index >= 15 is 0 Å². The molecular weight excluding hydrogens is 248 g/mol. The second-order valence-electron chi connectivity index (χ2n) is 6.98. The fraction of sp³-hybridized carbons (Fsp3) is 0.667. The van der Waals surface area contributed by atoms with Crippen LogP contribution in [0.4, 0.5) is 0 Å². The predicted octanol–water partition coefficient (Wildman–Crippen LogP) is 4.56. The largest absolute Gasteiger partial charge is 0.496 e. The number of aliphatic hydroxyl groups excluding tert-OH is 1. The lowest BCUT2D eigenvalue weighted by molar-refractivity contribution is 0.00234. The van der Waals surface area contributed by atoms with E-state index in [0.29, 0.717) is 5.92 Å². The normalized spacial score (nSPS) is 23.4. The van der Waals surface area contributed by atoms with Crippen LogP contribution in [0.3, 0.4) is 0 Å². The molecule has 1 aliphatic carbocycles. The van der Waals surface area contributed by atoms with Gasteiger partial charge in [0.15, 0.2) is 0 Å². The van der Waals surface area contributed by atoms with Gasteiger partial charge in [0, 0.05) is 5.56 Å². The molecule has 0 saturated heterocycles. The Kier molecular flexibility index (Phi) is 4.43. The molecule has 0 heterocycles. The number of hydrogen-bond donors (Lipinski definition) is 1. The lowest BCUT2D eigenvalue weighted by atomic mass is 9.65. The Morgan fingerprint density at radius 1 is 1.25 bits per heavy atom. The fourth-order valence-corrected chi connectivity index (χ4v) is 3.80. The predicted molar refractivity (Wildman–Crippen MR) is 83.2 cm³/mol. The summed E-state index contributed by atoms with van der Waals surface area (Å²) >= 11 is 0. The van der Waals surface area contributed by atoms with Gasteiger partial charge in [-0.15, -0.1) is 0 Å². The minimum atomic E-state index is -0.430. The molecule has 1 N–H and O–H groups in total. The summed E-state index contributed by atoms with van der Waals surface area (Å²) in [4.78, 5) is 0. The number of aryl methyl sites for hydroxylation is 2. The van der Waals surface area contributed by atoms with Crippen LogP contribution in [0.5, 0.6) is 5.75 Å². The van der Waals surface area contributed by atoms with E-state index in [9.17, 15) is 5.11 Å². The molecule has 1 fully saturated rings. The third kappa shape index (κ3) is 2.85. The lowest BCUT2D eigenvalue weighted by Gasteiger charge is -2.42. The third-order valence-electron chi connectivity index (χ3n) is 4.98. The van der Waals surface area contributed by atoms with Gasteiger partial charge in [-0.05, 0) is 55.2 Å². The van der Waals surface area contributed by atoms with E-state index in [1.165, 1.54) is 24.8 Å². The summed E-state index contributed by atoms with van der Waals surface area (Å²) in [5.41, 5.74) is 3.49. The van der Waals surface area contributed by atoms with Crippen LogP contribution in [0.15, 0.2) is 12.1 Å². The molecule has 2 nitrogen and oxygen atoms in total. The van der Waals surface area contributed by atoms with Crippen LogP contribution in [-0.2, 0) is 0 Å². The molecule has 0 aromatic heterocycles. The molecule has 1 aromatic carbocycles. The van der Waals surface area contributed by atoms with Crippen molar-refractivity contribution < 1.29 is 9.84 Å². The fourth-order valence-electron chi connectivity index (χ4n) is 3.80. The number of methoxy groups -OCH3 is 1. The van der Waals surface area contributed by atoms with Crippen molar-refractivity contribution in [3.63, 3.8) is 0 Å². The number of aliphatic hydroxyl groups is 1. The molecule has 0 amide bonds. The number of rotatable bonds is 3. The van der Waals surface area contributed by atoms with E-state index in [2.05, 4.69) is 33.8 Å². The van der Waals surface area contributed by atoms with Crippen molar-refractivity contribution in [2.24, 2.45) is 11.3 Å². The van der Waals surface area contributed by atoms with Gasteiger partial charge in [-0.3, -0.25) is 0 Å². The van der Waals surface area contributed by atoms with E-state index in [4.69, 9.17) is 4.74 Å². The highest BCUT2D eigenvalue weighted by Gasteiger charge is 2.38. The summed E-state index contributed by atoms with van der Waals surface area (Å²) in [6.45, 7) is 8.71. The summed E-state index contributed by atoms with van der Waals surface area (Å²) in [5, 5.41) is 11.0. The molecule has 112 valence electrons. The molecule has 1 aliphatic rings. The molecule has 1 aromatic rings. The van der Waals surface area contributed by atoms with Crippen molar-refractivity contribution >= 4 is 0 Å². The topological polar surface area (TPSA) is 29.5 Å². The average molecular weight is 276 g/mol. The first-order valence-electron chi connectivity index (χ1n) is 7.70. The number of ether oxygens (including phenoxy) is 1. The summed E-state index contributed by atoms with van der Waals surface area (Å²) < 4.78 is 5.53. The SMILES string of the molecule is COc1cc(C)cc(C)c1C(O)C1CCCCC1(C)C.